The summed E-state index contributed by atoms with van der Waals surface area (Å²) >= 11 is 0. The normalized spacial score (nSPS) is 10.6. The summed E-state index contributed by atoms with van der Waals surface area (Å²) in [7, 11) is 0. The number of anilines is 2. The number of carbonyl (C=O) groups is 1. The summed E-state index contributed by atoms with van der Waals surface area (Å²) < 4.78 is 26.2. The van der Waals surface area contributed by atoms with Crippen LogP contribution in [0, 0.1) is 18.6 Å². The average molecular weight is 314 g/mol. The number of pyridine rings is 1. The van der Waals surface area contributed by atoms with Crippen LogP contribution in [-0.4, -0.2) is 21.0 Å². The number of nitrogens with one attached hydrogen (secondary N) is 2. The molecule has 2 N–H and O–H groups in total. The smallest absolute Gasteiger partial charge is 0.211 e. The van der Waals surface area contributed by atoms with Crippen molar-refractivity contribution >= 4 is 17.4 Å². The van der Waals surface area contributed by atoms with E-state index in [1.165, 1.54) is 12.1 Å². The molecular formula is C16H12F2N4O. The van der Waals surface area contributed by atoms with E-state index in [9.17, 15) is 13.6 Å². The highest BCUT2D eigenvalue weighted by Crippen LogP contribution is 2.16. The number of hydrogen-bond donors (Lipinski definition) is 2. The Kier molecular flexibility index (Phi) is 3.84. The zero-order chi connectivity index (χ0) is 16.4. The van der Waals surface area contributed by atoms with E-state index in [2.05, 4.69) is 20.5 Å². The summed E-state index contributed by atoms with van der Waals surface area (Å²) in [6.07, 6.45) is 0. The van der Waals surface area contributed by atoms with E-state index >= 15 is 0 Å². The van der Waals surface area contributed by atoms with Crippen LogP contribution in [0.2, 0.25) is 0 Å². The lowest BCUT2D eigenvalue weighted by atomic mass is 10.1. The van der Waals surface area contributed by atoms with Crippen molar-refractivity contribution in [2.45, 2.75) is 6.92 Å². The number of H-pyrrole nitrogens is 1. The van der Waals surface area contributed by atoms with Crippen LogP contribution in [0.15, 0.2) is 42.5 Å². The van der Waals surface area contributed by atoms with Gasteiger partial charge in [0.15, 0.2) is 17.5 Å². The Hall–Kier alpha value is -3.09. The van der Waals surface area contributed by atoms with E-state index in [0.717, 1.165) is 17.8 Å². The average Bonchev–Trinajstić information content (AvgIpc) is 2.94. The Morgan fingerprint density at radius 2 is 1.91 bits per heavy atom. The van der Waals surface area contributed by atoms with Crippen LogP contribution in [0.5, 0.6) is 0 Å². The summed E-state index contributed by atoms with van der Waals surface area (Å²) in [5.41, 5.74) is 1.03. The zero-order valence-electron chi connectivity index (χ0n) is 12.1. The van der Waals surface area contributed by atoms with Crippen molar-refractivity contribution in [1.29, 1.82) is 0 Å². The fourth-order valence-electron chi connectivity index (χ4n) is 2.03. The first-order chi connectivity index (χ1) is 11.0. The van der Waals surface area contributed by atoms with Crippen LogP contribution in [0.4, 0.5) is 20.4 Å². The third-order valence-electron chi connectivity index (χ3n) is 3.13. The van der Waals surface area contributed by atoms with Crippen LogP contribution >= 0.6 is 0 Å². The molecular weight excluding hydrogens is 302 g/mol. The number of rotatable bonds is 4. The van der Waals surface area contributed by atoms with Crippen molar-refractivity contribution < 1.29 is 13.6 Å². The second-order valence-corrected chi connectivity index (χ2v) is 4.93. The Morgan fingerprint density at radius 1 is 1.09 bits per heavy atom. The van der Waals surface area contributed by atoms with Gasteiger partial charge in [-0.3, -0.25) is 9.89 Å². The van der Waals surface area contributed by atoms with Crippen molar-refractivity contribution in [3.63, 3.8) is 0 Å². The van der Waals surface area contributed by atoms with Gasteiger partial charge in [-0.1, -0.05) is 6.07 Å². The Morgan fingerprint density at radius 3 is 2.61 bits per heavy atom. The standard InChI is InChI=1S/C16H12F2N4O/c1-9-7-15(22-21-9)20-14-4-2-3-13(19-14)16(23)10-5-6-11(17)12(18)8-10/h2-8H,1H3,(H2,19,20,21,22). The first-order valence-corrected chi connectivity index (χ1v) is 6.79. The number of carbonyl (C=O) groups excluding carboxylic acids is 1. The number of halogens is 2. The third-order valence-corrected chi connectivity index (χ3v) is 3.13. The van der Waals surface area contributed by atoms with Gasteiger partial charge in [-0.15, -0.1) is 0 Å². The van der Waals surface area contributed by atoms with Crippen LogP contribution in [0.1, 0.15) is 21.7 Å². The molecule has 0 fully saturated rings. The molecule has 2 aromatic heterocycles. The van der Waals surface area contributed by atoms with Gasteiger partial charge in [-0.25, -0.2) is 13.8 Å². The summed E-state index contributed by atoms with van der Waals surface area (Å²) in [6.45, 7) is 1.86. The number of nitrogens with zero attached hydrogens (tertiary/aromatic N) is 2. The Bertz CT molecular complexity index is 876. The topological polar surface area (TPSA) is 70.7 Å². The van der Waals surface area contributed by atoms with Gasteiger partial charge in [0.2, 0.25) is 5.78 Å². The van der Waals surface area contributed by atoms with Gasteiger partial charge >= 0.3 is 0 Å². The van der Waals surface area contributed by atoms with E-state index in [1.54, 1.807) is 18.2 Å². The van der Waals surface area contributed by atoms with Gasteiger partial charge in [0.1, 0.15) is 11.5 Å². The number of aromatic nitrogens is 3. The first kappa shape index (κ1) is 14.8. The minimum Gasteiger partial charge on any atom is -0.323 e. The largest absolute Gasteiger partial charge is 0.323 e. The molecule has 116 valence electrons. The van der Waals surface area contributed by atoms with Crippen LogP contribution in [0.25, 0.3) is 0 Å². The maximum absolute atomic E-state index is 13.3. The highest BCUT2D eigenvalue weighted by molar-refractivity contribution is 6.07. The lowest BCUT2D eigenvalue weighted by Gasteiger charge is -2.05. The molecule has 0 aliphatic heterocycles. The SMILES string of the molecule is Cc1cc(Nc2cccc(C(=O)c3ccc(F)c(F)c3)n2)n[nH]1. The second kappa shape index (κ2) is 5.96. The number of hydrogen-bond acceptors (Lipinski definition) is 4. The lowest BCUT2D eigenvalue weighted by molar-refractivity contribution is 0.103. The van der Waals surface area contributed by atoms with Crippen molar-refractivity contribution in [2.24, 2.45) is 0 Å². The van der Waals surface area contributed by atoms with Gasteiger partial charge in [0.25, 0.3) is 0 Å². The molecule has 0 amide bonds. The van der Waals surface area contributed by atoms with Crippen LogP contribution < -0.4 is 5.32 Å². The molecule has 1 aromatic carbocycles. The molecule has 7 heteroatoms. The molecule has 0 bridgehead atoms. The van der Waals surface area contributed by atoms with Crippen molar-refractivity contribution in [3.05, 3.63) is 71.1 Å². The second-order valence-electron chi connectivity index (χ2n) is 4.93. The maximum atomic E-state index is 13.3. The van der Waals surface area contributed by atoms with Gasteiger partial charge in [0, 0.05) is 17.3 Å². The van der Waals surface area contributed by atoms with Crippen molar-refractivity contribution in [1.82, 2.24) is 15.2 Å². The number of benzene rings is 1. The lowest BCUT2D eigenvalue weighted by Crippen LogP contribution is -2.06. The molecule has 3 rings (SSSR count). The summed E-state index contributed by atoms with van der Waals surface area (Å²) in [5.74, 6) is -1.58. The highest BCUT2D eigenvalue weighted by atomic mass is 19.2. The summed E-state index contributed by atoms with van der Waals surface area (Å²) in [6, 6.07) is 9.59. The predicted octanol–water partition coefficient (Wildman–Crippen LogP) is 3.37. The molecule has 0 saturated carbocycles. The molecule has 0 unspecified atom stereocenters. The Labute approximate surface area is 130 Å². The fraction of sp³-hybridized carbons (Fsp3) is 0.0625. The molecule has 3 aromatic rings. The molecule has 5 nitrogen and oxygen atoms in total. The minimum atomic E-state index is -1.07. The van der Waals surface area contributed by atoms with E-state index in [1.807, 2.05) is 6.92 Å². The maximum Gasteiger partial charge on any atom is 0.211 e. The number of aromatic amines is 1. The van der Waals surface area contributed by atoms with E-state index < -0.39 is 17.4 Å². The van der Waals surface area contributed by atoms with Crippen molar-refractivity contribution in [3.8, 4) is 0 Å². The fourth-order valence-corrected chi connectivity index (χ4v) is 2.03. The van der Waals surface area contributed by atoms with Crippen LogP contribution in [-0.2, 0) is 0 Å². The van der Waals surface area contributed by atoms with Gasteiger partial charge in [-0.05, 0) is 37.3 Å². The molecule has 23 heavy (non-hydrogen) atoms. The molecule has 0 atom stereocenters. The van der Waals surface area contributed by atoms with Crippen LogP contribution in [0.3, 0.4) is 0 Å². The number of ketones is 1. The zero-order valence-corrected chi connectivity index (χ0v) is 12.1. The minimum absolute atomic E-state index is 0.0316. The Balaban J connectivity index is 1.86. The predicted molar refractivity (Wildman–Crippen MR) is 80.6 cm³/mol. The molecule has 2 heterocycles. The molecule has 0 radical (unpaired) electrons. The molecule has 0 saturated heterocycles. The summed E-state index contributed by atoms with van der Waals surface area (Å²) in [5, 5.41) is 9.74. The van der Waals surface area contributed by atoms with Gasteiger partial charge in [-0.2, -0.15) is 5.10 Å². The molecule has 0 spiro atoms. The van der Waals surface area contributed by atoms with Crippen molar-refractivity contribution in [2.75, 3.05) is 5.32 Å². The van der Waals surface area contributed by atoms with E-state index in [4.69, 9.17) is 0 Å². The van der Waals surface area contributed by atoms with Gasteiger partial charge in [0.05, 0.1) is 0 Å². The quantitative estimate of drug-likeness (QED) is 0.724. The third kappa shape index (κ3) is 3.23. The van der Waals surface area contributed by atoms with E-state index in [0.29, 0.717) is 11.6 Å². The molecule has 0 aliphatic rings. The monoisotopic (exact) mass is 314 g/mol. The highest BCUT2D eigenvalue weighted by Gasteiger charge is 2.14. The first-order valence-electron chi connectivity index (χ1n) is 6.79. The number of aryl methyl sites for hydroxylation is 1. The summed E-state index contributed by atoms with van der Waals surface area (Å²) in [4.78, 5) is 16.5. The van der Waals surface area contributed by atoms with E-state index in [-0.39, 0.29) is 11.3 Å². The van der Waals surface area contributed by atoms with Gasteiger partial charge < -0.3 is 5.32 Å². The molecule has 0 aliphatic carbocycles.